The third-order valence-corrected chi connectivity index (χ3v) is 4.03. The topological polar surface area (TPSA) is 71.9 Å². The second-order valence-corrected chi connectivity index (χ2v) is 5.40. The van der Waals surface area contributed by atoms with E-state index in [0.717, 1.165) is 38.0 Å². The molecule has 1 aromatic rings. The Morgan fingerprint density at radius 1 is 1.47 bits per heavy atom. The van der Waals surface area contributed by atoms with Crippen molar-refractivity contribution in [1.82, 2.24) is 10.1 Å². The molecule has 0 aromatic carbocycles. The molecule has 0 bridgehead atoms. The van der Waals surface area contributed by atoms with E-state index in [4.69, 9.17) is 14.5 Å². The lowest BCUT2D eigenvalue weighted by Crippen LogP contribution is -2.34. The molecule has 1 aliphatic carbocycles. The van der Waals surface area contributed by atoms with Crippen LogP contribution in [0.25, 0.3) is 0 Å². The van der Waals surface area contributed by atoms with Gasteiger partial charge in [-0.25, -0.2) is 0 Å². The lowest BCUT2D eigenvalue weighted by Gasteiger charge is -2.35. The van der Waals surface area contributed by atoms with Crippen LogP contribution < -0.4 is 0 Å². The Kier molecular flexibility index (Phi) is 4.54. The molecule has 0 radical (unpaired) electrons. The summed E-state index contributed by atoms with van der Waals surface area (Å²) >= 11 is 0. The lowest BCUT2D eigenvalue weighted by atomic mass is 9.79. The van der Waals surface area contributed by atoms with Crippen molar-refractivity contribution in [3.8, 4) is 6.07 Å². The van der Waals surface area contributed by atoms with Crippen LogP contribution in [0.3, 0.4) is 0 Å². The Balaban J connectivity index is 2.05. The van der Waals surface area contributed by atoms with Gasteiger partial charge >= 0.3 is 0 Å². The maximum absolute atomic E-state index is 8.52. The van der Waals surface area contributed by atoms with Gasteiger partial charge < -0.3 is 9.26 Å². The second-order valence-electron chi connectivity index (χ2n) is 5.40. The highest BCUT2D eigenvalue weighted by Gasteiger charge is 2.40. The second kappa shape index (κ2) is 6.16. The highest BCUT2D eigenvalue weighted by Crippen LogP contribution is 2.40. The molecule has 0 saturated heterocycles. The van der Waals surface area contributed by atoms with Gasteiger partial charge in [-0.3, -0.25) is 0 Å². The molecule has 1 heterocycles. The number of rotatable bonds is 5. The number of ether oxygens (including phenoxy) is 1. The minimum Gasteiger partial charge on any atom is -0.370 e. The SMILES string of the molecule is COC1(c2noc(CCCC#N)n2)CCC(C)CC1. The van der Waals surface area contributed by atoms with Gasteiger partial charge in [0.05, 0.1) is 6.07 Å². The van der Waals surface area contributed by atoms with Gasteiger partial charge in [-0.15, -0.1) is 0 Å². The molecule has 0 spiro atoms. The molecule has 0 atom stereocenters. The van der Waals surface area contributed by atoms with Crippen LogP contribution in [0.1, 0.15) is 57.2 Å². The molecule has 5 heteroatoms. The van der Waals surface area contributed by atoms with Crippen molar-refractivity contribution in [2.75, 3.05) is 7.11 Å². The predicted octanol–water partition coefficient (Wildman–Crippen LogP) is 2.97. The predicted molar refractivity (Wildman–Crippen MR) is 69.2 cm³/mol. The fraction of sp³-hybridized carbons (Fsp3) is 0.786. The van der Waals surface area contributed by atoms with Gasteiger partial charge in [0.15, 0.2) is 0 Å². The van der Waals surface area contributed by atoms with Gasteiger partial charge in [0.25, 0.3) is 0 Å². The average molecular weight is 263 g/mol. The Bertz CT molecular complexity index is 442. The van der Waals surface area contributed by atoms with E-state index in [1.807, 2.05) is 0 Å². The van der Waals surface area contributed by atoms with E-state index in [0.29, 0.717) is 24.6 Å². The first-order valence-electron chi connectivity index (χ1n) is 6.95. The lowest BCUT2D eigenvalue weighted by molar-refractivity contribution is -0.0609. The van der Waals surface area contributed by atoms with Crippen molar-refractivity contribution in [2.45, 2.75) is 57.5 Å². The van der Waals surface area contributed by atoms with E-state index in [1.165, 1.54) is 0 Å². The Morgan fingerprint density at radius 2 is 2.21 bits per heavy atom. The molecule has 19 heavy (non-hydrogen) atoms. The third-order valence-electron chi connectivity index (χ3n) is 4.03. The van der Waals surface area contributed by atoms with Crippen molar-refractivity contribution in [1.29, 1.82) is 5.26 Å². The van der Waals surface area contributed by atoms with E-state index in [9.17, 15) is 0 Å². The Labute approximate surface area is 113 Å². The summed E-state index contributed by atoms with van der Waals surface area (Å²) in [6.45, 7) is 2.27. The smallest absolute Gasteiger partial charge is 0.226 e. The van der Waals surface area contributed by atoms with E-state index < -0.39 is 0 Å². The van der Waals surface area contributed by atoms with E-state index in [-0.39, 0.29) is 5.60 Å². The molecule has 1 saturated carbocycles. The third kappa shape index (κ3) is 3.13. The molecule has 1 aromatic heterocycles. The van der Waals surface area contributed by atoms with Crippen LogP contribution in [0.15, 0.2) is 4.52 Å². The van der Waals surface area contributed by atoms with Crippen LogP contribution in [0, 0.1) is 17.2 Å². The van der Waals surface area contributed by atoms with E-state index >= 15 is 0 Å². The molecule has 0 amide bonds. The molecule has 0 aliphatic heterocycles. The number of aryl methyl sites for hydroxylation is 1. The van der Waals surface area contributed by atoms with Crippen LogP contribution in [0.4, 0.5) is 0 Å². The molecule has 0 unspecified atom stereocenters. The molecule has 0 N–H and O–H groups in total. The van der Waals surface area contributed by atoms with Gasteiger partial charge in [0.2, 0.25) is 11.7 Å². The number of nitrogens with zero attached hydrogens (tertiary/aromatic N) is 3. The van der Waals surface area contributed by atoms with Crippen LogP contribution in [-0.4, -0.2) is 17.3 Å². The molecular weight excluding hydrogens is 242 g/mol. The summed E-state index contributed by atoms with van der Waals surface area (Å²) in [6.07, 6.45) is 6.10. The summed E-state index contributed by atoms with van der Waals surface area (Å²) in [7, 11) is 1.72. The number of methoxy groups -OCH3 is 1. The summed E-state index contributed by atoms with van der Waals surface area (Å²) in [5.41, 5.74) is -0.372. The summed E-state index contributed by atoms with van der Waals surface area (Å²) in [5.74, 6) is 2.03. The first-order valence-corrected chi connectivity index (χ1v) is 6.95. The Morgan fingerprint density at radius 3 is 2.84 bits per heavy atom. The molecule has 5 nitrogen and oxygen atoms in total. The monoisotopic (exact) mass is 263 g/mol. The largest absolute Gasteiger partial charge is 0.370 e. The average Bonchev–Trinajstić information content (AvgIpc) is 2.90. The van der Waals surface area contributed by atoms with Gasteiger partial charge in [0.1, 0.15) is 5.60 Å². The molecule has 1 aliphatic rings. The molecule has 1 fully saturated rings. The van der Waals surface area contributed by atoms with Crippen LogP contribution in [0.2, 0.25) is 0 Å². The number of hydrogen-bond donors (Lipinski definition) is 0. The first kappa shape index (κ1) is 14.0. The first-order chi connectivity index (χ1) is 9.20. The summed E-state index contributed by atoms with van der Waals surface area (Å²) in [6, 6.07) is 2.12. The summed E-state index contributed by atoms with van der Waals surface area (Å²) < 4.78 is 11.0. The minimum atomic E-state index is -0.372. The fourth-order valence-electron chi connectivity index (χ4n) is 2.61. The van der Waals surface area contributed by atoms with Gasteiger partial charge in [-0.1, -0.05) is 12.1 Å². The summed E-state index contributed by atoms with van der Waals surface area (Å²) in [5, 5.41) is 12.6. The zero-order chi connectivity index (χ0) is 13.7. The number of hydrogen-bond acceptors (Lipinski definition) is 5. The Hall–Kier alpha value is -1.41. The molecule has 2 rings (SSSR count). The normalized spacial score (nSPS) is 27.1. The number of nitriles is 1. The van der Waals surface area contributed by atoms with Crippen molar-refractivity contribution in [2.24, 2.45) is 5.92 Å². The van der Waals surface area contributed by atoms with E-state index in [1.54, 1.807) is 7.11 Å². The molecule has 104 valence electrons. The van der Waals surface area contributed by atoms with Gasteiger partial charge in [-0.05, 0) is 38.0 Å². The van der Waals surface area contributed by atoms with Crippen molar-refractivity contribution in [3.63, 3.8) is 0 Å². The zero-order valence-electron chi connectivity index (χ0n) is 11.7. The minimum absolute atomic E-state index is 0.372. The fourth-order valence-corrected chi connectivity index (χ4v) is 2.61. The quantitative estimate of drug-likeness (QED) is 0.764. The highest BCUT2D eigenvalue weighted by molar-refractivity contribution is 5.04. The van der Waals surface area contributed by atoms with Crippen LogP contribution >= 0.6 is 0 Å². The van der Waals surface area contributed by atoms with Gasteiger partial charge in [0, 0.05) is 20.0 Å². The standard InChI is InChI=1S/C14H21N3O2/c1-11-6-8-14(18-2,9-7-11)13-16-12(19-17-13)5-3-4-10-15/h11H,3-9H2,1-2H3. The highest BCUT2D eigenvalue weighted by atomic mass is 16.5. The summed E-state index contributed by atoms with van der Waals surface area (Å²) in [4.78, 5) is 4.46. The number of unbranched alkanes of at least 4 members (excludes halogenated alkanes) is 1. The van der Waals surface area contributed by atoms with E-state index in [2.05, 4.69) is 23.1 Å². The van der Waals surface area contributed by atoms with Crippen molar-refractivity contribution >= 4 is 0 Å². The maximum atomic E-state index is 8.52. The van der Waals surface area contributed by atoms with Crippen molar-refractivity contribution in [3.05, 3.63) is 11.7 Å². The zero-order valence-corrected chi connectivity index (χ0v) is 11.7. The van der Waals surface area contributed by atoms with Gasteiger partial charge in [-0.2, -0.15) is 10.2 Å². The molecular formula is C14H21N3O2. The maximum Gasteiger partial charge on any atom is 0.226 e. The number of aromatic nitrogens is 2. The van der Waals surface area contributed by atoms with Crippen LogP contribution in [0.5, 0.6) is 0 Å². The van der Waals surface area contributed by atoms with Crippen molar-refractivity contribution < 1.29 is 9.26 Å². The van der Waals surface area contributed by atoms with Crippen LogP contribution in [-0.2, 0) is 16.8 Å².